The SMILES string of the molecule is CCCc1nnc(CCC2(Cn3cc4ccc(Cl)cc4c3O)NC(=O)NC2=O)o1. The summed E-state index contributed by atoms with van der Waals surface area (Å²) in [4.78, 5) is 24.5. The van der Waals surface area contributed by atoms with Gasteiger partial charge in [-0.05, 0) is 25.0 Å². The average molecular weight is 418 g/mol. The first-order chi connectivity index (χ1) is 13.9. The molecule has 10 heteroatoms. The van der Waals surface area contributed by atoms with Crippen molar-refractivity contribution < 1.29 is 19.1 Å². The van der Waals surface area contributed by atoms with E-state index in [4.69, 9.17) is 16.0 Å². The molecule has 3 amide bonds. The van der Waals surface area contributed by atoms with Gasteiger partial charge in [-0.25, -0.2) is 4.79 Å². The van der Waals surface area contributed by atoms with E-state index in [2.05, 4.69) is 20.8 Å². The zero-order valence-electron chi connectivity index (χ0n) is 15.7. The lowest BCUT2D eigenvalue weighted by atomic mass is 9.93. The van der Waals surface area contributed by atoms with Crippen LogP contribution in [0.3, 0.4) is 0 Å². The van der Waals surface area contributed by atoms with Crippen LogP contribution in [0.4, 0.5) is 4.79 Å². The summed E-state index contributed by atoms with van der Waals surface area (Å²) in [6, 6.07) is 4.57. The Bertz CT molecular complexity index is 1090. The number of carbonyl (C=O) groups is 2. The molecule has 1 unspecified atom stereocenters. The number of aromatic hydroxyl groups is 1. The van der Waals surface area contributed by atoms with Crippen molar-refractivity contribution in [1.82, 2.24) is 25.4 Å². The van der Waals surface area contributed by atoms with Crippen LogP contribution in [0.1, 0.15) is 31.5 Å². The van der Waals surface area contributed by atoms with Gasteiger partial charge in [0.15, 0.2) is 5.88 Å². The maximum atomic E-state index is 12.6. The molecule has 3 heterocycles. The Morgan fingerprint density at radius 1 is 1.24 bits per heavy atom. The zero-order chi connectivity index (χ0) is 20.6. The van der Waals surface area contributed by atoms with Crippen LogP contribution >= 0.6 is 11.6 Å². The molecule has 1 atom stereocenters. The number of nitrogens with one attached hydrogen (secondary N) is 2. The summed E-state index contributed by atoms with van der Waals surface area (Å²) in [5.74, 6) is 0.447. The van der Waals surface area contributed by atoms with Gasteiger partial charge in [0.1, 0.15) is 5.54 Å². The summed E-state index contributed by atoms with van der Waals surface area (Å²) in [7, 11) is 0. The molecular weight excluding hydrogens is 398 g/mol. The van der Waals surface area contributed by atoms with E-state index in [-0.39, 0.29) is 18.8 Å². The van der Waals surface area contributed by atoms with Crippen LogP contribution in [-0.4, -0.2) is 37.3 Å². The van der Waals surface area contributed by atoms with Gasteiger partial charge in [-0.1, -0.05) is 24.6 Å². The van der Waals surface area contributed by atoms with Gasteiger partial charge in [0.25, 0.3) is 5.91 Å². The van der Waals surface area contributed by atoms with E-state index in [9.17, 15) is 14.7 Å². The summed E-state index contributed by atoms with van der Waals surface area (Å²) >= 11 is 6.02. The van der Waals surface area contributed by atoms with Gasteiger partial charge in [0.05, 0.1) is 6.54 Å². The molecule has 1 aromatic carbocycles. The molecular formula is C19H20ClN5O4. The minimum Gasteiger partial charge on any atom is -0.494 e. The van der Waals surface area contributed by atoms with Crippen LogP contribution in [0.25, 0.3) is 10.8 Å². The Kier molecular flexibility index (Phi) is 4.91. The van der Waals surface area contributed by atoms with Crippen molar-refractivity contribution in [3.8, 4) is 5.88 Å². The van der Waals surface area contributed by atoms with E-state index >= 15 is 0 Å². The summed E-state index contributed by atoms with van der Waals surface area (Å²) in [6.45, 7) is 2.05. The molecule has 3 aromatic rings. The molecule has 0 aliphatic carbocycles. The number of halogens is 1. The number of nitrogens with zero attached hydrogens (tertiary/aromatic N) is 3. The van der Waals surface area contributed by atoms with E-state index in [0.29, 0.717) is 35.0 Å². The molecule has 9 nitrogen and oxygen atoms in total. The van der Waals surface area contributed by atoms with Crippen molar-refractivity contribution >= 4 is 34.3 Å². The summed E-state index contributed by atoms with van der Waals surface area (Å²) in [5.41, 5.74) is -1.26. The largest absolute Gasteiger partial charge is 0.494 e. The molecule has 3 N–H and O–H groups in total. The molecule has 1 aliphatic rings. The summed E-state index contributed by atoms with van der Waals surface area (Å²) < 4.78 is 7.12. The maximum absolute atomic E-state index is 12.6. The lowest BCUT2D eigenvalue weighted by molar-refractivity contribution is -0.124. The first kappa shape index (κ1) is 19.3. The average Bonchev–Trinajstić information content (AvgIpc) is 3.32. The minimum absolute atomic E-state index is 0.0288. The van der Waals surface area contributed by atoms with Gasteiger partial charge in [-0.2, -0.15) is 0 Å². The first-order valence-corrected chi connectivity index (χ1v) is 9.70. The lowest BCUT2D eigenvalue weighted by Crippen LogP contribution is -2.50. The van der Waals surface area contributed by atoms with Crippen LogP contribution in [0.15, 0.2) is 28.8 Å². The van der Waals surface area contributed by atoms with E-state index in [1.54, 1.807) is 24.4 Å². The number of hydrogen-bond acceptors (Lipinski definition) is 6. The highest BCUT2D eigenvalue weighted by Crippen LogP contribution is 2.32. The number of fused-ring (bicyclic) bond motifs is 1. The fraction of sp³-hybridized carbons (Fsp3) is 0.368. The molecule has 0 bridgehead atoms. The van der Waals surface area contributed by atoms with Gasteiger partial charge in [0, 0.05) is 34.8 Å². The molecule has 0 radical (unpaired) electrons. The molecule has 1 aliphatic heterocycles. The highest BCUT2D eigenvalue weighted by molar-refractivity contribution is 6.31. The Morgan fingerprint density at radius 3 is 2.69 bits per heavy atom. The molecule has 4 rings (SSSR count). The highest BCUT2D eigenvalue weighted by Gasteiger charge is 2.46. The standard InChI is InChI=1S/C19H20ClN5O4/c1-2-3-14-23-24-15(29-14)6-7-19(17(27)21-18(28)22-19)10-25-9-11-4-5-12(20)8-13(11)16(25)26/h4-5,8-9,26H,2-3,6-7,10H2,1H3,(H2,21,22,27,28). The number of imide groups is 1. The van der Waals surface area contributed by atoms with Crippen molar-refractivity contribution in [1.29, 1.82) is 0 Å². The third-order valence-electron chi connectivity index (χ3n) is 5.02. The Hall–Kier alpha value is -3.07. The Balaban J connectivity index is 1.61. The zero-order valence-corrected chi connectivity index (χ0v) is 16.5. The molecule has 0 saturated carbocycles. The third-order valence-corrected chi connectivity index (χ3v) is 5.25. The molecule has 152 valence electrons. The molecule has 29 heavy (non-hydrogen) atoms. The molecule has 2 aromatic heterocycles. The predicted molar refractivity (Wildman–Crippen MR) is 105 cm³/mol. The van der Waals surface area contributed by atoms with Crippen molar-refractivity contribution in [3.05, 3.63) is 41.2 Å². The molecule has 0 spiro atoms. The number of aryl methyl sites for hydroxylation is 2. The van der Waals surface area contributed by atoms with E-state index in [1.807, 2.05) is 6.92 Å². The highest BCUT2D eigenvalue weighted by atomic mass is 35.5. The fourth-order valence-corrected chi connectivity index (χ4v) is 3.72. The van der Waals surface area contributed by atoms with Gasteiger partial charge < -0.3 is 19.4 Å². The second-order valence-corrected chi connectivity index (χ2v) is 7.58. The van der Waals surface area contributed by atoms with E-state index < -0.39 is 17.5 Å². The van der Waals surface area contributed by atoms with E-state index in [0.717, 1.165) is 11.8 Å². The number of aromatic nitrogens is 3. The Morgan fingerprint density at radius 2 is 2.00 bits per heavy atom. The van der Waals surface area contributed by atoms with Crippen LogP contribution in [-0.2, 0) is 24.2 Å². The lowest BCUT2D eigenvalue weighted by Gasteiger charge is -2.26. The summed E-state index contributed by atoms with van der Waals surface area (Å²) in [5, 5.41) is 25.4. The van der Waals surface area contributed by atoms with Crippen molar-refractivity contribution in [2.24, 2.45) is 0 Å². The monoisotopic (exact) mass is 417 g/mol. The van der Waals surface area contributed by atoms with Crippen molar-refractivity contribution in [2.75, 3.05) is 0 Å². The smallest absolute Gasteiger partial charge is 0.322 e. The van der Waals surface area contributed by atoms with Crippen LogP contribution < -0.4 is 10.6 Å². The first-order valence-electron chi connectivity index (χ1n) is 9.32. The number of benzene rings is 1. The summed E-state index contributed by atoms with van der Waals surface area (Å²) in [6.07, 6.45) is 3.81. The number of hydrogen-bond donors (Lipinski definition) is 3. The molecule has 1 fully saturated rings. The number of amides is 3. The van der Waals surface area contributed by atoms with Gasteiger partial charge >= 0.3 is 6.03 Å². The third kappa shape index (κ3) is 3.65. The van der Waals surface area contributed by atoms with Crippen molar-refractivity contribution in [2.45, 2.75) is 44.7 Å². The second-order valence-electron chi connectivity index (χ2n) is 7.14. The fourth-order valence-electron chi connectivity index (χ4n) is 3.55. The number of carbonyl (C=O) groups excluding carboxylic acids is 2. The van der Waals surface area contributed by atoms with Crippen LogP contribution in [0, 0.1) is 0 Å². The predicted octanol–water partition coefficient (Wildman–Crippen LogP) is 2.55. The number of urea groups is 1. The van der Waals surface area contributed by atoms with Gasteiger partial charge in [-0.15, -0.1) is 10.2 Å². The number of rotatable bonds is 7. The van der Waals surface area contributed by atoms with E-state index in [1.165, 1.54) is 4.57 Å². The second kappa shape index (κ2) is 7.40. The minimum atomic E-state index is -1.26. The van der Waals surface area contributed by atoms with Gasteiger partial charge in [0.2, 0.25) is 11.8 Å². The van der Waals surface area contributed by atoms with Gasteiger partial charge in [-0.3, -0.25) is 10.1 Å². The topological polar surface area (TPSA) is 122 Å². The maximum Gasteiger partial charge on any atom is 0.322 e. The van der Waals surface area contributed by atoms with Crippen LogP contribution in [0.2, 0.25) is 5.02 Å². The molecule has 1 saturated heterocycles. The normalized spacial score (nSPS) is 19.0. The van der Waals surface area contributed by atoms with Crippen molar-refractivity contribution in [3.63, 3.8) is 0 Å². The Labute approximate surface area is 171 Å². The van der Waals surface area contributed by atoms with Crippen LogP contribution in [0.5, 0.6) is 5.88 Å². The quantitative estimate of drug-likeness (QED) is 0.508.